The Bertz CT molecular complexity index is 308. The molecule has 0 amide bonds. The van der Waals surface area contributed by atoms with E-state index >= 15 is 0 Å². The molecule has 1 saturated heterocycles. The molecule has 0 bridgehead atoms. The highest BCUT2D eigenvalue weighted by Gasteiger charge is 2.15. The first-order valence-electron chi connectivity index (χ1n) is 6.15. The van der Waals surface area contributed by atoms with Crippen LogP contribution in [0.1, 0.15) is 32.6 Å². The molecule has 1 aliphatic heterocycles. The molecule has 1 atom stereocenters. The summed E-state index contributed by atoms with van der Waals surface area (Å²) in [6.07, 6.45) is 9.30. The van der Waals surface area contributed by atoms with Crippen molar-refractivity contribution >= 4 is 11.8 Å². The van der Waals surface area contributed by atoms with Crippen LogP contribution in [0.3, 0.4) is 0 Å². The molecule has 0 N–H and O–H groups in total. The third kappa shape index (κ3) is 3.25. The second-order valence-electron chi connectivity index (χ2n) is 4.20. The van der Waals surface area contributed by atoms with Crippen LogP contribution < -0.4 is 0 Å². The second-order valence-corrected chi connectivity index (χ2v) is 5.19. The van der Waals surface area contributed by atoms with Gasteiger partial charge in [0.05, 0.1) is 6.10 Å². The van der Waals surface area contributed by atoms with E-state index in [-0.39, 0.29) is 0 Å². The number of hydrogen-bond donors (Lipinski definition) is 0. The van der Waals surface area contributed by atoms with E-state index in [0.29, 0.717) is 6.10 Å². The number of rotatable bonds is 5. The van der Waals surface area contributed by atoms with Crippen LogP contribution in [0.2, 0.25) is 0 Å². The van der Waals surface area contributed by atoms with Gasteiger partial charge < -0.3 is 9.30 Å². The Kier molecular flexibility index (Phi) is 4.72. The maximum atomic E-state index is 5.72. The Morgan fingerprint density at radius 1 is 1.56 bits per heavy atom. The van der Waals surface area contributed by atoms with Gasteiger partial charge in [-0.15, -0.1) is 0 Å². The molecule has 1 aromatic heterocycles. The number of imidazole rings is 1. The topological polar surface area (TPSA) is 27.1 Å². The monoisotopic (exact) mass is 240 g/mol. The van der Waals surface area contributed by atoms with Gasteiger partial charge in [-0.05, 0) is 25.7 Å². The molecule has 3 nitrogen and oxygen atoms in total. The van der Waals surface area contributed by atoms with Crippen LogP contribution in [0.5, 0.6) is 0 Å². The van der Waals surface area contributed by atoms with E-state index < -0.39 is 0 Å². The lowest BCUT2D eigenvalue weighted by Crippen LogP contribution is -2.21. The number of hydrogen-bond acceptors (Lipinski definition) is 3. The molecule has 0 aliphatic carbocycles. The SMILES string of the molecule is CCCn1ccnc1SC[C@H]1CCCCO1. The van der Waals surface area contributed by atoms with Crippen molar-refractivity contribution in [1.82, 2.24) is 9.55 Å². The lowest BCUT2D eigenvalue weighted by Gasteiger charge is -2.21. The van der Waals surface area contributed by atoms with Crippen molar-refractivity contribution in [2.45, 2.75) is 50.4 Å². The Morgan fingerprint density at radius 2 is 2.50 bits per heavy atom. The number of nitrogens with zero attached hydrogens (tertiary/aromatic N) is 2. The summed E-state index contributed by atoms with van der Waals surface area (Å²) in [4.78, 5) is 4.39. The second kappa shape index (κ2) is 6.30. The zero-order chi connectivity index (χ0) is 11.2. The maximum Gasteiger partial charge on any atom is 0.168 e. The fourth-order valence-electron chi connectivity index (χ4n) is 1.95. The van der Waals surface area contributed by atoms with Gasteiger partial charge in [0.2, 0.25) is 0 Å². The minimum Gasteiger partial charge on any atom is -0.377 e. The van der Waals surface area contributed by atoms with Crippen molar-refractivity contribution < 1.29 is 4.74 Å². The molecule has 90 valence electrons. The van der Waals surface area contributed by atoms with Gasteiger partial charge in [0, 0.05) is 31.3 Å². The maximum absolute atomic E-state index is 5.72. The molecular formula is C12H20N2OS. The molecular weight excluding hydrogens is 220 g/mol. The largest absolute Gasteiger partial charge is 0.377 e. The predicted octanol–water partition coefficient (Wildman–Crippen LogP) is 2.95. The molecule has 2 rings (SSSR count). The van der Waals surface area contributed by atoms with Gasteiger partial charge in [0.15, 0.2) is 5.16 Å². The van der Waals surface area contributed by atoms with E-state index in [0.717, 1.165) is 30.5 Å². The average molecular weight is 240 g/mol. The summed E-state index contributed by atoms with van der Waals surface area (Å²) in [7, 11) is 0. The summed E-state index contributed by atoms with van der Waals surface area (Å²) in [5, 5.41) is 1.14. The van der Waals surface area contributed by atoms with Crippen molar-refractivity contribution in [2.24, 2.45) is 0 Å². The molecule has 16 heavy (non-hydrogen) atoms. The number of aryl methyl sites for hydroxylation is 1. The Morgan fingerprint density at radius 3 is 3.25 bits per heavy atom. The predicted molar refractivity (Wildman–Crippen MR) is 66.8 cm³/mol. The van der Waals surface area contributed by atoms with Gasteiger partial charge in [0.25, 0.3) is 0 Å². The van der Waals surface area contributed by atoms with Gasteiger partial charge in [-0.25, -0.2) is 4.98 Å². The van der Waals surface area contributed by atoms with Gasteiger partial charge in [-0.3, -0.25) is 0 Å². The van der Waals surface area contributed by atoms with Gasteiger partial charge in [-0.2, -0.15) is 0 Å². The molecule has 1 aromatic rings. The highest BCUT2D eigenvalue weighted by molar-refractivity contribution is 7.99. The number of ether oxygens (including phenoxy) is 1. The van der Waals surface area contributed by atoms with E-state index in [9.17, 15) is 0 Å². The summed E-state index contributed by atoms with van der Waals surface area (Å²) in [5.74, 6) is 1.04. The summed E-state index contributed by atoms with van der Waals surface area (Å²) < 4.78 is 7.95. The van der Waals surface area contributed by atoms with Gasteiger partial charge in [0.1, 0.15) is 0 Å². The summed E-state index contributed by atoms with van der Waals surface area (Å²) >= 11 is 1.83. The normalized spacial score (nSPS) is 21.2. The van der Waals surface area contributed by atoms with Crippen LogP contribution >= 0.6 is 11.8 Å². The standard InChI is InChI=1S/C12H20N2OS/c1-2-7-14-8-6-13-12(14)16-10-11-5-3-4-9-15-11/h6,8,11H,2-5,7,9-10H2,1H3/t11-/m1/s1. The lowest BCUT2D eigenvalue weighted by molar-refractivity contribution is 0.0315. The van der Waals surface area contributed by atoms with Crippen LogP contribution in [-0.2, 0) is 11.3 Å². The molecule has 4 heteroatoms. The molecule has 1 aliphatic rings. The molecule has 0 saturated carbocycles. The first-order valence-corrected chi connectivity index (χ1v) is 7.14. The van der Waals surface area contributed by atoms with Crippen molar-refractivity contribution in [3.63, 3.8) is 0 Å². The van der Waals surface area contributed by atoms with Crippen LogP contribution in [-0.4, -0.2) is 28.0 Å². The molecule has 2 heterocycles. The Labute approximate surface area is 102 Å². The van der Waals surface area contributed by atoms with Gasteiger partial charge in [-0.1, -0.05) is 18.7 Å². The van der Waals surface area contributed by atoms with E-state index in [1.807, 2.05) is 18.0 Å². The zero-order valence-corrected chi connectivity index (χ0v) is 10.7. The van der Waals surface area contributed by atoms with Crippen LogP contribution in [0.15, 0.2) is 17.6 Å². The number of aromatic nitrogens is 2. The quantitative estimate of drug-likeness (QED) is 0.740. The third-order valence-electron chi connectivity index (χ3n) is 2.81. The van der Waals surface area contributed by atoms with E-state index in [1.54, 1.807) is 0 Å². The van der Waals surface area contributed by atoms with E-state index in [4.69, 9.17) is 4.74 Å². The third-order valence-corrected chi connectivity index (χ3v) is 3.95. The molecule has 0 aromatic carbocycles. The van der Waals surface area contributed by atoms with Crippen molar-refractivity contribution in [2.75, 3.05) is 12.4 Å². The molecule has 0 radical (unpaired) electrons. The molecule has 0 spiro atoms. The number of thioether (sulfide) groups is 1. The summed E-state index contributed by atoms with van der Waals surface area (Å²) in [6, 6.07) is 0. The average Bonchev–Trinajstić information content (AvgIpc) is 2.76. The molecule has 1 fully saturated rings. The fourth-order valence-corrected chi connectivity index (χ4v) is 3.00. The molecule has 0 unspecified atom stereocenters. The minimum atomic E-state index is 0.436. The van der Waals surface area contributed by atoms with Crippen LogP contribution in [0, 0.1) is 0 Å². The van der Waals surface area contributed by atoms with Gasteiger partial charge >= 0.3 is 0 Å². The highest BCUT2D eigenvalue weighted by Crippen LogP contribution is 2.22. The summed E-state index contributed by atoms with van der Waals surface area (Å²) in [5.41, 5.74) is 0. The minimum absolute atomic E-state index is 0.436. The van der Waals surface area contributed by atoms with E-state index in [1.165, 1.54) is 19.3 Å². The van der Waals surface area contributed by atoms with Crippen LogP contribution in [0.25, 0.3) is 0 Å². The smallest absolute Gasteiger partial charge is 0.168 e. The lowest BCUT2D eigenvalue weighted by atomic mass is 10.1. The first-order chi connectivity index (χ1) is 7.90. The Balaban J connectivity index is 1.81. The van der Waals surface area contributed by atoms with Crippen molar-refractivity contribution in [1.29, 1.82) is 0 Å². The van der Waals surface area contributed by atoms with E-state index in [2.05, 4.69) is 22.7 Å². The first kappa shape index (κ1) is 12.0. The van der Waals surface area contributed by atoms with Crippen molar-refractivity contribution in [3.8, 4) is 0 Å². The fraction of sp³-hybridized carbons (Fsp3) is 0.750. The van der Waals surface area contributed by atoms with Crippen LogP contribution in [0.4, 0.5) is 0 Å². The summed E-state index contributed by atoms with van der Waals surface area (Å²) in [6.45, 7) is 4.20. The van der Waals surface area contributed by atoms with Crippen molar-refractivity contribution in [3.05, 3.63) is 12.4 Å². The Hall–Kier alpha value is -0.480. The zero-order valence-electron chi connectivity index (χ0n) is 9.89. The highest BCUT2D eigenvalue weighted by atomic mass is 32.2.